The molecule has 0 aromatic heterocycles. The minimum Gasteiger partial charge on any atom is -0.493 e. The number of hydrogen-bond acceptors (Lipinski definition) is 6. The number of benzene rings is 3. The van der Waals surface area contributed by atoms with Crippen LogP contribution in [-0.2, 0) is 29.0 Å². The Labute approximate surface area is 221 Å². The largest absolute Gasteiger partial charge is 0.493 e. The van der Waals surface area contributed by atoms with E-state index in [9.17, 15) is 9.59 Å². The number of methoxy groups -OCH3 is 2. The third-order valence-corrected chi connectivity index (χ3v) is 5.47. The quantitative estimate of drug-likeness (QED) is 0.288. The molecule has 5 N–H and O–H groups in total. The van der Waals surface area contributed by atoms with Crippen molar-refractivity contribution < 1.29 is 28.5 Å². The fourth-order valence-electron chi connectivity index (χ4n) is 3.59. The van der Waals surface area contributed by atoms with E-state index in [2.05, 4.69) is 10.3 Å². The molecule has 3 aromatic rings. The third kappa shape index (κ3) is 8.74. The van der Waals surface area contributed by atoms with E-state index in [0.717, 1.165) is 29.0 Å². The van der Waals surface area contributed by atoms with E-state index in [0.29, 0.717) is 24.5 Å². The number of nitrogens with two attached hydrogens (primary N) is 2. The number of aliphatic imine (C=N–C) groups is 1. The van der Waals surface area contributed by atoms with Gasteiger partial charge in [0.1, 0.15) is 0 Å². The first-order valence-electron chi connectivity index (χ1n) is 11.9. The zero-order valence-corrected chi connectivity index (χ0v) is 21.4. The van der Waals surface area contributed by atoms with Crippen molar-refractivity contribution in [1.82, 2.24) is 5.32 Å². The summed E-state index contributed by atoms with van der Waals surface area (Å²) in [4.78, 5) is 26.6. The molecule has 0 aliphatic carbocycles. The van der Waals surface area contributed by atoms with Gasteiger partial charge in [0.05, 0.1) is 20.6 Å². The Morgan fingerprint density at radius 3 is 2.29 bits per heavy atom. The summed E-state index contributed by atoms with van der Waals surface area (Å²) in [5, 5.41) is 2.93. The molecule has 3 aromatic carbocycles. The second-order valence-electron chi connectivity index (χ2n) is 8.25. The molecular weight excluding hydrogens is 488 g/mol. The minimum absolute atomic E-state index is 0.0523. The molecule has 1 aliphatic heterocycles. The SMILES string of the molecule is COc1ccc(CC(=O)N=C(N)N)cc1OC.O=C(CCc1ccccc1)NCc1ccc2c(c1)OCO2. The summed E-state index contributed by atoms with van der Waals surface area (Å²) in [5.41, 5.74) is 13.2. The van der Waals surface area contributed by atoms with Crippen LogP contribution >= 0.6 is 0 Å². The van der Waals surface area contributed by atoms with Gasteiger partial charge in [0.15, 0.2) is 29.0 Å². The van der Waals surface area contributed by atoms with Gasteiger partial charge in [-0.3, -0.25) is 9.59 Å². The molecule has 200 valence electrons. The zero-order valence-electron chi connectivity index (χ0n) is 21.4. The van der Waals surface area contributed by atoms with Gasteiger partial charge < -0.3 is 35.7 Å². The van der Waals surface area contributed by atoms with Gasteiger partial charge in [-0.2, -0.15) is 4.99 Å². The molecule has 0 saturated carbocycles. The Kier molecular flexibility index (Phi) is 10.3. The summed E-state index contributed by atoms with van der Waals surface area (Å²) < 4.78 is 20.8. The first-order valence-corrected chi connectivity index (χ1v) is 11.9. The molecule has 10 heteroatoms. The Morgan fingerprint density at radius 2 is 1.58 bits per heavy atom. The van der Waals surface area contributed by atoms with Crippen LogP contribution in [0, 0.1) is 0 Å². The van der Waals surface area contributed by atoms with Gasteiger partial charge in [-0.05, 0) is 47.4 Å². The highest BCUT2D eigenvalue weighted by atomic mass is 16.7. The van der Waals surface area contributed by atoms with E-state index >= 15 is 0 Å². The van der Waals surface area contributed by atoms with Crippen LogP contribution in [0.4, 0.5) is 0 Å². The van der Waals surface area contributed by atoms with Crippen LogP contribution in [0.15, 0.2) is 71.7 Å². The van der Waals surface area contributed by atoms with E-state index < -0.39 is 5.91 Å². The van der Waals surface area contributed by atoms with Crippen LogP contribution in [0.3, 0.4) is 0 Å². The van der Waals surface area contributed by atoms with Crippen LogP contribution in [0.25, 0.3) is 0 Å². The van der Waals surface area contributed by atoms with Crippen molar-refractivity contribution in [1.29, 1.82) is 0 Å². The van der Waals surface area contributed by atoms with Crippen molar-refractivity contribution >= 4 is 17.8 Å². The molecule has 0 radical (unpaired) electrons. The van der Waals surface area contributed by atoms with E-state index in [1.54, 1.807) is 25.3 Å². The lowest BCUT2D eigenvalue weighted by Gasteiger charge is -2.08. The van der Waals surface area contributed by atoms with Crippen molar-refractivity contribution in [2.75, 3.05) is 21.0 Å². The third-order valence-electron chi connectivity index (χ3n) is 5.47. The van der Waals surface area contributed by atoms with Gasteiger partial charge >= 0.3 is 0 Å². The first kappa shape index (κ1) is 27.9. The number of hydrogen-bond donors (Lipinski definition) is 3. The maximum atomic E-state index is 11.9. The number of rotatable bonds is 9. The molecule has 2 amide bonds. The lowest BCUT2D eigenvalue weighted by Crippen LogP contribution is -2.24. The maximum Gasteiger partial charge on any atom is 0.253 e. The van der Waals surface area contributed by atoms with E-state index in [-0.39, 0.29) is 25.1 Å². The van der Waals surface area contributed by atoms with Crippen molar-refractivity contribution in [2.24, 2.45) is 16.5 Å². The Hall–Kier alpha value is -4.73. The second-order valence-corrected chi connectivity index (χ2v) is 8.25. The maximum absolute atomic E-state index is 11.9. The number of amides is 2. The van der Waals surface area contributed by atoms with Gasteiger partial charge in [0.25, 0.3) is 5.91 Å². The van der Waals surface area contributed by atoms with E-state index in [4.69, 9.17) is 30.4 Å². The summed E-state index contributed by atoms with van der Waals surface area (Å²) in [7, 11) is 3.07. The normalized spacial score (nSPS) is 11.0. The highest BCUT2D eigenvalue weighted by Gasteiger charge is 2.13. The molecule has 0 fully saturated rings. The predicted molar refractivity (Wildman–Crippen MR) is 143 cm³/mol. The van der Waals surface area contributed by atoms with Gasteiger partial charge in [-0.25, -0.2) is 0 Å². The molecule has 0 saturated heterocycles. The average molecular weight is 521 g/mol. The fourth-order valence-corrected chi connectivity index (χ4v) is 3.59. The molecule has 10 nitrogen and oxygen atoms in total. The molecule has 1 aliphatic rings. The van der Waals surface area contributed by atoms with Gasteiger partial charge in [-0.1, -0.05) is 42.5 Å². The highest BCUT2D eigenvalue weighted by molar-refractivity contribution is 5.92. The fraction of sp³-hybridized carbons (Fsp3) is 0.250. The number of carbonyl (C=O) groups is 2. The van der Waals surface area contributed by atoms with Crippen molar-refractivity contribution in [3.63, 3.8) is 0 Å². The van der Waals surface area contributed by atoms with Crippen LogP contribution < -0.4 is 35.7 Å². The molecule has 38 heavy (non-hydrogen) atoms. The highest BCUT2D eigenvalue weighted by Crippen LogP contribution is 2.32. The second kappa shape index (κ2) is 14.1. The number of guanidine groups is 1. The van der Waals surface area contributed by atoms with Crippen molar-refractivity contribution in [2.45, 2.75) is 25.8 Å². The number of ether oxygens (including phenoxy) is 4. The number of nitrogens with zero attached hydrogens (tertiary/aromatic N) is 1. The average Bonchev–Trinajstić information content (AvgIpc) is 3.39. The molecule has 0 atom stereocenters. The van der Waals surface area contributed by atoms with Gasteiger partial charge in [0.2, 0.25) is 12.7 Å². The summed E-state index contributed by atoms with van der Waals surface area (Å²) in [5.74, 6) is 2.07. The lowest BCUT2D eigenvalue weighted by atomic mass is 10.1. The standard InChI is InChI=1S/C17H17NO3.C11H15N3O3/c19-17(9-7-13-4-2-1-3-5-13)18-11-14-6-8-15-16(10-14)21-12-20-15;1-16-8-4-3-7(5-9(8)17-2)6-10(15)14-11(12)13/h1-6,8,10H,7,9,11-12H2,(H,18,19);3-5H,6H2,1-2H3,(H4,12,13,14,15). The molecule has 0 unspecified atom stereocenters. The number of aryl methyl sites for hydroxylation is 1. The molecular formula is C28H32N4O6. The number of nitrogens with one attached hydrogen (secondary N) is 1. The number of fused-ring (bicyclic) bond motifs is 1. The zero-order chi connectivity index (χ0) is 27.3. The van der Waals surface area contributed by atoms with Crippen LogP contribution in [0.1, 0.15) is 23.1 Å². The van der Waals surface area contributed by atoms with Crippen molar-refractivity contribution in [3.05, 3.63) is 83.4 Å². The van der Waals surface area contributed by atoms with E-state index in [1.807, 2.05) is 48.5 Å². The van der Waals surface area contributed by atoms with Gasteiger partial charge in [-0.15, -0.1) is 0 Å². The van der Waals surface area contributed by atoms with Gasteiger partial charge in [0, 0.05) is 13.0 Å². The molecule has 1 heterocycles. The van der Waals surface area contributed by atoms with Crippen LogP contribution in [0.2, 0.25) is 0 Å². The Bertz CT molecular complexity index is 1260. The lowest BCUT2D eigenvalue weighted by molar-refractivity contribution is -0.121. The predicted octanol–water partition coefficient (Wildman–Crippen LogP) is 2.71. The minimum atomic E-state index is -0.405. The first-order chi connectivity index (χ1) is 18.4. The summed E-state index contributed by atoms with van der Waals surface area (Å²) >= 11 is 0. The monoisotopic (exact) mass is 520 g/mol. The number of carbonyl (C=O) groups excluding carboxylic acids is 2. The Balaban J connectivity index is 0.000000216. The van der Waals surface area contributed by atoms with Crippen LogP contribution in [-0.4, -0.2) is 38.8 Å². The topological polar surface area (TPSA) is 147 Å². The van der Waals surface area contributed by atoms with Crippen LogP contribution in [0.5, 0.6) is 23.0 Å². The Morgan fingerprint density at radius 1 is 0.868 bits per heavy atom. The smallest absolute Gasteiger partial charge is 0.253 e. The summed E-state index contributed by atoms with van der Waals surface area (Å²) in [6.45, 7) is 0.770. The van der Waals surface area contributed by atoms with E-state index in [1.165, 1.54) is 12.7 Å². The van der Waals surface area contributed by atoms with Crippen molar-refractivity contribution in [3.8, 4) is 23.0 Å². The molecule has 0 bridgehead atoms. The summed E-state index contributed by atoms with van der Waals surface area (Å²) in [6, 6.07) is 20.9. The molecule has 4 rings (SSSR count). The summed E-state index contributed by atoms with van der Waals surface area (Å²) in [6.07, 6.45) is 1.36. The molecule has 0 spiro atoms.